The molecule has 6 heteroatoms. The number of nitrogens with zero attached hydrogens (tertiary/aromatic N) is 1. The van der Waals surface area contributed by atoms with E-state index in [1.165, 1.54) is 12.8 Å². The fourth-order valence-electron chi connectivity index (χ4n) is 2.32. The first kappa shape index (κ1) is 15.4. The van der Waals surface area contributed by atoms with E-state index < -0.39 is 10.0 Å². The van der Waals surface area contributed by atoms with Gasteiger partial charge in [0.05, 0.1) is 12.4 Å². The maximum absolute atomic E-state index is 11.9. The molecular formula is C14H22N2O3S. The molecule has 0 unspecified atom stereocenters. The van der Waals surface area contributed by atoms with Crippen molar-refractivity contribution in [2.24, 2.45) is 0 Å². The third-order valence-electron chi connectivity index (χ3n) is 3.50. The van der Waals surface area contributed by atoms with Gasteiger partial charge in [-0.05, 0) is 44.0 Å². The molecular weight excluding hydrogens is 276 g/mol. The number of sulfonamides is 1. The molecule has 0 aromatic heterocycles. The smallest absolute Gasteiger partial charge is 0.237 e. The van der Waals surface area contributed by atoms with Gasteiger partial charge in [0.2, 0.25) is 10.0 Å². The Morgan fingerprint density at radius 2 is 1.95 bits per heavy atom. The third kappa shape index (κ3) is 4.86. The van der Waals surface area contributed by atoms with Crippen LogP contribution in [-0.4, -0.2) is 39.6 Å². The predicted octanol–water partition coefficient (Wildman–Crippen LogP) is 1.44. The van der Waals surface area contributed by atoms with Gasteiger partial charge in [-0.1, -0.05) is 29.2 Å². The van der Waals surface area contributed by atoms with Crippen LogP contribution < -0.4 is 4.89 Å². The predicted molar refractivity (Wildman–Crippen MR) is 78.6 cm³/mol. The standard InChI is InChI=1S/C14H22N2O3S/c1-13-6-2-3-7-14(13)12-20(17,18)15-19-11-10-16-8-4-5-9-16/h2-3,6-7,15H,4-5,8-12H2,1H3. The molecule has 1 aliphatic rings. The van der Waals surface area contributed by atoms with E-state index in [1.54, 1.807) is 0 Å². The molecule has 0 saturated carbocycles. The van der Waals surface area contributed by atoms with E-state index in [9.17, 15) is 8.42 Å². The van der Waals surface area contributed by atoms with Crippen LogP contribution in [0.3, 0.4) is 0 Å². The largest absolute Gasteiger partial charge is 0.301 e. The summed E-state index contributed by atoms with van der Waals surface area (Å²) in [5.41, 5.74) is 1.76. The van der Waals surface area contributed by atoms with Crippen LogP contribution in [0.5, 0.6) is 0 Å². The third-order valence-corrected chi connectivity index (χ3v) is 4.56. The summed E-state index contributed by atoms with van der Waals surface area (Å²) in [6, 6.07) is 7.45. The molecule has 0 atom stereocenters. The summed E-state index contributed by atoms with van der Waals surface area (Å²) in [5.74, 6) is -0.0522. The van der Waals surface area contributed by atoms with E-state index in [1.807, 2.05) is 31.2 Å². The van der Waals surface area contributed by atoms with Gasteiger partial charge in [0, 0.05) is 6.54 Å². The van der Waals surface area contributed by atoms with Gasteiger partial charge < -0.3 is 4.90 Å². The van der Waals surface area contributed by atoms with Gasteiger partial charge in [-0.2, -0.15) is 0 Å². The molecule has 20 heavy (non-hydrogen) atoms. The van der Waals surface area contributed by atoms with E-state index in [0.717, 1.165) is 30.8 Å². The average Bonchev–Trinajstić information content (AvgIpc) is 2.90. The Balaban J connectivity index is 1.75. The molecule has 0 spiro atoms. The molecule has 1 aromatic rings. The second-order valence-electron chi connectivity index (χ2n) is 5.17. The highest BCUT2D eigenvalue weighted by molar-refractivity contribution is 7.88. The molecule has 1 aliphatic heterocycles. The number of likely N-dealkylation sites (tertiary alicyclic amines) is 1. The van der Waals surface area contributed by atoms with E-state index >= 15 is 0 Å². The summed E-state index contributed by atoms with van der Waals surface area (Å²) in [6.07, 6.45) is 2.44. The molecule has 1 fully saturated rings. The number of nitrogens with one attached hydrogen (secondary N) is 1. The van der Waals surface area contributed by atoms with Crippen molar-refractivity contribution < 1.29 is 13.3 Å². The SMILES string of the molecule is Cc1ccccc1CS(=O)(=O)NOCCN1CCCC1. The van der Waals surface area contributed by atoms with Gasteiger partial charge in [0.15, 0.2) is 0 Å². The van der Waals surface area contributed by atoms with Gasteiger partial charge in [-0.15, -0.1) is 0 Å². The zero-order chi connectivity index (χ0) is 14.4. The summed E-state index contributed by atoms with van der Waals surface area (Å²) in [7, 11) is -3.44. The quantitative estimate of drug-likeness (QED) is 0.611. The van der Waals surface area contributed by atoms with Crippen LogP contribution in [0.1, 0.15) is 24.0 Å². The molecule has 112 valence electrons. The highest BCUT2D eigenvalue weighted by Crippen LogP contribution is 2.10. The number of aryl methyl sites for hydroxylation is 1. The van der Waals surface area contributed by atoms with Crippen molar-refractivity contribution in [1.82, 2.24) is 9.79 Å². The Bertz CT molecular complexity index is 525. The van der Waals surface area contributed by atoms with E-state index in [2.05, 4.69) is 9.79 Å². The van der Waals surface area contributed by atoms with Crippen molar-refractivity contribution in [3.05, 3.63) is 35.4 Å². The summed E-state index contributed by atoms with van der Waals surface area (Å²) in [5, 5.41) is 0. The first-order valence-corrected chi connectivity index (χ1v) is 8.60. The number of rotatable bonds is 7. The maximum atomic E-state index is 11.9. The van der Waals surface area contributed by atoms with Crippen LogP contribution in [0.2, 0.25) is 0 Å². The van der Waals surface area contributed by atoms with Crippen LogP contribution >= 0.6 is 0 Å². The van der Waals surface area contributed by atoms with Crippen LogP contribution in [-0.2, 0) is 20.6 Å². The molecule has 1 N–H and O–H groups in total. The van der Waals surface area contributed by atoms with Crippen molar-refractivity contribution in [3.8, 4) is 0 Å². The minimum atomic E-state index is -3.44. The highest BCUT2D eigenvalue weighted by atomic mass is 32.2. The average molecular weight is 298 g/mol. The van der Waals surface area contributed by atoms with Crippen LogP contribution in [0.15, 0.2) is 24.3 Å². The molecule has 0 radical (unpaired) electrons. The summed E-state index contributed by atoms with van der Waals surface area (Å²) in [6.45, 7) is 5.22. The summed E-state index contributed by atoms with van der Waals surface area (Å²) >= 11 is 0. The fourth-order valence-corrected chi connectivity index (χ4v) is 3.37. The zero-order valence-electron chi connectivity index (χ0n) is 11.8. The minimum Gasteiger partial charge on any atom is -0.301 e. The lowest BCUT2D eigenvalue weighted by molar-refractivity contribution is 0.0755. The molecule has 0 amide bonds. The van der Waals surface area contributed by atoms with Gasteiger partial charge in [0.25, 0.3) is 0 Å². The molecule has 0 aliphatic carbocycles. The molecule has 2 rings (SSSR count). The first-order valence-electron chi connectivity index (χ1n) is 6.95. The monoisotopic (exact) mass is 298 g/mol. The van der Waals surface area contributed by atoms with Crippen molar-refractivity contribution in [2.75, 3.05) is 26.2 Å². The maximum Gasteiger partial charge on any atom is 0.237 e. The Kier molecular flexibility index (Phi) is 5.54. The van der Waals surface area contributed by atoms with Crippen molar-refractivity contribution in [2.45, 2.75) is 25.5 Å². The van der Waals surface area contributed by atoms with Crippen LogP contribution in [0.25, 0.3) is 0 Å². The van der Waals surface area contributed by atoms with Crippen LogP contribution in [0.4, 0.5) is 0 Å². The lowest BCUT2D eigenvalue weighted by atomic mass is 10.1. The second kappa shape index (κ2) is 7.17. The Morgan fingerprint density at radius 1 is 1.25 bits per heavy atom. The van der Waals surface area contributed by atoms with E-state index in [4.69, 9.17) is 4.84 Å². The van der Waals surface area contributed by atoms with Crippen molar-refractivity contribution >= 4 is 10.0 Å². The van der Waals surface area contributed by atoms with Crippen molar-refractivity contribution in [1.29, 1.82) is 0 Å². The van der Waals surface area contributed by atoms with Crippen molar-refractivity contribution in [3.63, 3.8) is 0 Å². The van der Waals surface area contributed by atoms with Gasteiger partial charge in [-0.25, -0.2) is 8.42 Å². The van der Waals surface area contributed by atoms with Gasteiger partial charge in [0.1, 0.15) is 0 Å². The highest BCUT2D eigenvalue weighted by Gasteiger charge is 2.14. The molecule has 1 aromatic carbocycles. The topological polar surface area (TPSA) is 58.6 Å². The second-order valence-corrected chi connectivity index (χ2v) is 6.85. The van der Waals surface area contributed by atoms with E-state index in [0.29, 0.717) is 6.61 Å². The lowest BCUT2D eigenvalue weighted by Gasteiger charge is -2.14. The molecule has 1 saturated heterocycles. The first-order chi connectivity index (χ1) is 9.57. The lowest BCUT2D eigenvalue weighted by Crippen LogP contribution is -2.31. The van der Waals surface area contributed by atoms with Crippen LogP contribution in [0, 0.1) is 6.92 Å². The van der Waals surface area contributed by atoms with Gasteiger partial charge in [-0.3, -0.25) is 4.84 Å². The van der Waals surface area contributed by atoms with E-state index in [-0.39, 0.29) is 5.75 Å². The number of hydrogen-bond acceptors (Lipinski definition) is 4. The normalized spacial score (nSPS) is 16.6. The molecule has 5 nitrogen and oxygen atoms in total. The zero-order valence-corrected chi connectivity index (χ0v) is 12.7. The number of benzene rings is 1. The Labute approximate surface area is 120 Å². The Morgan fingerprint density at radius 3 is 2.65 bits per heavy atom. The minimum absolute atomic E-state index is 0.0522. The molecule has 0 bridgehead atoms. The fraction of sp³-hybridized carbons (Fsp3) is 0.571. The van der Waals surface area contributed by atoms with Gasteiger partial charge >= 0.3 is 0 Å². The molecule has 1 heterocycles. The summed E-state index contributed by atoms with van der Waals surface area (Å²) < 4.78 is 23.8. The summed E-state index contributed by atoms with van der Waals surface area (Å²) in [4.78, 5) is 9.57. The Hall–Kier alpha value is -0.950. The number of hydrogen-bond donors (Lipinski definition) is 1.